The number of nitrogens with zero attached hydrogens (tertiary/aromatic N) is 1. The van der Waals surface area contributed by atoms with Gasteiger partial charge in [-0.15, -0.1) is 11.3 Å². The number of thiophene rings is 1. The van der Waals surface area contributed by atoms with Gasteiger partial charge in [0.1, 0.15) is 27.6 Å². The number of ether oxygens (including phenoxy) is 3. The van der Waals surface area contributed by atoms with Crippen LogP contribution in [0.4, 0.5) is 10.7 Å². The summed E-state index contributed by atoms with van der Waals surface area (Å²) < 4.78 is 15.9. The predicted octanol–water partition coefficient (Wildman–Crippen LogP) is 5.08. The number of carbonyl (C=O) groups is 2. The smallest absolute Gasteiger partial charge is 0.341 e. The van der Waals surface area contributed by atoms with Crippen molar-refractivity contribution in [1.82, 2.24) is 0 Å². The molecule has 1 amide bonds. The molecular weight excluding hydrogens is 448 g/mol. The second-order valence-corrected chi connectivity index (χ2v) is 7.98. The number of amides is 1. The van der Waals surface area contributed by atoms with E-state index in [0.717, 1.165) is 4.88 Å². The van der Waals surface area contributed by atoms with Crippen LogP contribution in [0, 0.1) is 17.0 Å². The average Bonchev–Trinajstić information content (AvgIpc) is 3.13. The van der Waals surface area contributed by atoms with Crippen molar-refractivity contribution in [2.75, 3.05) is 26.1 Å². The highest BCUT2D eigenvalue weighted by Gasteiger charge is 2.27. The van der Waals surface area contributed by atoms with Crippen LogP contribution >= 0.6 is 11.3 Å². The molecule has 1 aromatic heterocycles. The molecule has 0 bridgehead atoms. The molecule has 3 aromatic rings. The molecule has 172 valence electrons. The van der Waals surface area contributed by atoms with E-state index in [2.05, 4.69) is 5.32 Å². The van der Waals surface area contributed by atoms with Crippen LogP contribution in [0.5, 0.6) is 11.5 Å². The zero-order chi connectivity index (χ0) is 24.1. The highest BCUT2D eigenvalue weighted by molar-refractivity contribution is 7.17. The number of rotatable bonds is 8. The van der Waals surface area contributed by atoms with Crippen molar-refractivity contribution in [1.29, 1.82) is 0 Å². The standard InChI is InChI=1S/C23H22N2O7S/c1-5-32-23(27)20-18(14-9-11-15(12-10-14)25(28)29)13(2)33-22(20)24-21(26)19-16(30-3)7-6-8-17(19)31-4/h6-12H,5H2,1-4H3,(H,24,26). The van der Waals surface area contributed by atoms with Gasteiger partial charge in [0.25, 0.3) is 11.6 Å². The van der Waals surface area contributed by atoms with E-state index in [9.17, 15) is 19.7 Å². The maximum absolute atomic E-state index is 13.2. The molecule has 0 atom stereocenters. The largest absolute Gasteiger partial charge is 0.496 e. The van der Waals surface area contributed by atoms with Crippen LogP contribution in [0.15, 0.2) is 42.5 Å². The molecule has 0 radical (unpaired) electrons. The van der Waals surface area contributed by atoms with E-state index in [-0.39, 0.29) is 28.4 Å². The third-order valence-electron chi connectivity index (χ3n) is 4.81. The Morgan fingerprint density at radius 3 is 2.15 bits per heavy atom. The highest BCUT2D eigenvalue weighted by atomic mass is 32.1. The molecule has 2 aromatic carbocycles. The lowest BCUT2D eigenvalue weighted by Crippen LogP contribution is -2.16. The van der Waals surface area contributed by atoms with E-state index in [4.69, 9.17) is 14.2 Å². The summed E-state index contributed by atoms with van der Waals surface area (Å²) >= 11 is 1.20. The number of esters is 1. The SMILES string of the molecule is CCOC(=O)c1c(NC(=O)c2c(OC)cccc2OC)sc(C)c1-c1ccc([N+](=O)[O-])cc1. The van der Waals surface area contributed by atoms with Gasteiger partial charge in [0.2, 0.25) is 0 Å². The molecule has 0 fully saturated rings. The highest BCUT2D eigenvalue weighted by Crippen LogP contribution is 2.41. The number of non-ortho nitro benzene ring substituents is 1. The number of hydrogen-bond acceptors (Lipinski definition) is 8. The zero-order valence-electron chi connectivity index (χ0n) is 18.5. The fourth-order valence-electron chi connectivity index (χ4n) is 3.37. The zero-order valence-corrected chi connectivity index (χ0v) is 19.3. The van der Waals surface area contributed by atoms with Gasteiger partial charge in [-0.3, -0.25) is 14.9 Å². The van der Waals surface area contributed by atoms with Gasteiger partial charge in [-0.05, 0) is 43.7 Å². The molecule has 10 heteroatoms. The summed E-state index contributed by atoms with van der Waals surface area (Å²) in [5.74, 6) is -0.509. The molecule has 0 saturated carbocycles. The number of nitrogens with one attached hydrogen (secondary N) is 1. The Morgan fingerprint density at radius 2 is 1.64 bits per heavy atom. The fraction of sp³-hybridized carbons (Fsp3) is 0.217. The Balaban J connectivity index is 2.10. The van der Waals surface area contributed by atoms with Crippen molar-refractivity contribution < 1.29 is 28.7 Å². The second-order valence-electron chi connectivity index (χ2n) is 6.75. The van der Waals surface area contributed by atoms with E-state index in [1.807, 2.05) is 0 Å². The molecule has 1 N–H and O–H groups in total. The Morgan fingerprint density at radius 1 is 1.03 bits per heavy atom. The number of aryl methyl sites for hydroxylation is 1. The van der Waals surface area contributed by atoms with Crippen molar-refractivity contribution in [2.45, 2.75) is 13.8 Å². The fourth-order valence-corrected chi connectivity index (χ4v) is 4.43. The first-order valence-electron chi connectivity index (χ1n) is 9.90. The van der Waals surface area contributed by atoms with Gasteiger partial charge in [-0.2, -0.15) is 0 Å². The van der Waals surface area contributed by atoms with Crippen LogP contribution in [0.2, 0.25) is 0 Å². The number of benzene rings is 2. The molecule has 9 nitrogen and oxygen atoms in total. The number of methoxy groups -OCH3 is 2. The Labute approximate surface area is 194 Å². The van der Waals surface area contributed by atoms with Crippen molar-refractivity contribution in [3.05, 3.63) is 68.6 Å². The van der Waals surface area contributed by atoms with Gasteiger partial charge in [0.15, 0.2) is 0 Å². The van der Waals surface area contributed by atoms with Crippen LogP contribution in [0.1, 0.15) is 32.5 Å². The Kier molecular flexibility index (Phi) is 7.29. The van der Waals surface area contributed by atoms with Gasteiger partial charge in [-0.1, -0.05) is 6.07 Å². The molecule has 0 aliphatic rings. The summed E-state index contributed by atoms with van der Waals surface area (Å²) in [4.78, 5) is 37.3. The van der Waals surface area contributed by atoms with Crippen LogP contribution in [-0.4, -0.2) is 37.6 Å². The Hall–Kier alpha value is -3.92. The van der Waals surface area contributed by atoms with Gasteiger partial charge >= 0.3 is 5.97 Å². The third kappa shape index (κ3) is 4.80. The minimum absolute atomic E-state index is 0.0684. The lowest BCUT2D eigenvalue weighted by molar-refractivity contribution is -0.384. The van der Waals surface area contributed by atoms with Crippen LogP contribution in [-0.2, 0) is 4.74 Å². The molecule has 0 saturated heterocycles. The maximum atomic E-state index is 13.2. The van der Waals surface area contributed by atoms with Gasteiger partial charge in [0, 0.05) is 22.6 Å². The number of nitro benzene ring substituents is 1. The van der Waals surface area contributed by atoms with Crippen molar-refractivity contribution in [3.63, 3.8) is 0 Å². The number of anilines is 1. The summed E-state index contributed by atoms with van der Waals surface area (Å²) in [6.07, 6.45) is 0. The monoisotopic (exact) mass is 470 g/mol. The van der Waals surface area contributed by atoms with Crippen molar-refractivity contribution >= 4 is 33.9 Å². The lowest BCUT2D eigenvalue weighted by atomic mass is 10.0. The van der Waals surface area contributed by atoms with Crippen LogP contribution < -0.4 is 14.8 Å². The molecule has 3 rings (SSSR count). The normalized spacial score (nSPS) is 10.4. The van der Waals surface area contributed by atoms with E-state index in [1.165, 1.54) is 37.7 Å². The summed E-state index contributed by atoms with van der Waals surface area (Å²) in [5, 5.41) is 14.1. The lowest BCUT2D eigenvalue weighted by Gasteiger charge is -2.13. The average molecular weight is 471 g/mol. The molecular formula is C23H22N2O7S. The van der Waals surface area contributed by atoms with Gasteiger partial charge < -0.3 is 19.5 Å². The van der Waals surface area contributed by atoms with Gasteiger partial charge in [-0.25, -0.2) is 4.79 Å². The number of nitro groups is 1. The third-order valence-corrected chi connectivity index (χ3v) is 5.83. The summed E-state index contributed by atoms with van der Waals surface area (Å²) in [7, 11) is 2.88. The number of hydrogen-bond donors (Lipinski definition) is 1. The van der Waals surface area contributed by atoms with Crippen LogP contribution in [0.25, 0.3) is 11.1 Å². The first-order chi connectivity index (χ1) is 15.8. The quantitative estimate of drug-likeness (QED) is 0.277. The first kappa shape index (κ1) is 23.7. The molecule has 1 heterocycles. The molecule has 0 unspecified atom stereocenters. The van der Waals surface area contributed by atoms with Crippen molar-refractivity contribution in [3.8, 4) is 22.6 Å². The Bertz CT molecular complexity index is 1180. The summed E-state index contributed by atoms with van der Waals surface area (Å²) in [6, 6.07) is 10.8. The minimum atomic E-state index is -0.613. The first-order valence-corrected chi connectivity index (χ1v) is 10.7. The second kappa shape index (κ2) is 10.1. The number of carbonyl (C=O) groups excluding carboxylic acids is 2. The van der Waals surface area contributed by atoms with E-state index < -0.39 is 16.8 Å². The minimum Gasteiger partial charge on any atom is -0.496 e. The molecule has 0 spiro atoms. The van der Waals surface area contributed by atoms with Crippen molar-refractivity contribution in [2.24, 2.45) is 0 Å². The van der Waals surface area contributed by atoms with E-state index in [1.54, 1.807) is 44.2 Å². The summed E-state index contributed by atoms with van der Waals surface area (Å²) in [6.45, 7) is 3.62. The molecule has 0 aliphatic heterocycles. The van der Waals surface area contributed by atoms with E-state index in [0.29, 0.717) is 22.6 Å². The molecule has 33 heavy (non-hydrogen) atoms. The molecule has 0 aliphatic carbocycles. The topological polar surface area (TPSA) is 117 Å². The van der Waals surface area contributed by atoms with Gasteiger partial charge in [0.05, 0.1) is 25.7 Å². The van der Waals surface area contributed by atoms with E-state index >= 15 is 0 Å². The maximum Gasteiger partial charge on any atom is 0.341 e. The van der Waals surface area contributed by atoms with Crippen LogP contribution in [0.3, 0.4) is 0 Å². The predicted molar refractivity (Wildman–Crippen MR) is 125 cm³/mol. The summed E-state index contributed by atoms with van der Waals surface area (Å²) in [5.41, 5.74) is 1.42.